The summed E-state index contributed by atoms with van der Waals surface area (Å²) in [6, 6.07) is 4.36. The first kappa shape index (κ1) is 24.4. The fourth-order valence-corrected chi connectivity index (χ4v) is 5.15. The van der Waals surface area contributed by atoms with Gasteiger partial charge in [0.15, 0.2) is 16.1 Å². The highest BCUT2D eigenvalue weighted by Gasteiger charge is 2.46. The summed E-state index contributed by atoms with van der Waals surface area (Å²) in [5, 5.41) is 5.34. The number of methoxy groups -OCH3 is 1. The molecular weight excluding hydrogens is 484 g/mol. The largest absolute Gasteiger partial charge is 0.469 e. The van der Waals surface area contributed by atoms with E-state index in [0.29, 0.717) is 42.4 Å². The normalized spacial score (nSPS) is 20.8. The molecule has 1 saturated heterocycles. The SMILES string of the molecule is COC(=O)C1(Cc2nc(Nc3nccs3)ccc2F)CCN(Cc2ccnc(Cl)c2F)C(C)C1. The first-order chi connectivity index (χ1) is 16.3. The number of hydrogen-bond donors (Lipinski definition) is 1. The van der Waals surface area contributed by atoms with Crippen LogP contribution in [0.5, 0.6) is 0 Å². The minimum atomic E-state index is -0.952. The fourth-order valence-electron chi connectivity index (χ4n) is 4.43. The fraction of sp³-hybridized carbons (Fsp3) is 0.391. The van der Waals surface area contributed by atoms with Crippen molar-refractivity contribution < 1.29 is 18.3 Å². The predicted octanol–water partition coefficient (Wildman–Crippen LogP) is 4.99. The summed E-state index contributed by atoms with van der Waals surface area (Å²) in [5.74, 6) is -0.993. The lowest BCUT2D eigenvalue weighted by Gasteiger charge is -2.44. The van der Waals surface area contributed by atoms with Gasteiger partial charge in [0.05, 0.1) is 18.2 Å². The van der Waals surface area contributed by atoms with Gasteiger partial charge >= 0.3 is 5.97 Å². The highest BCUT2D eigenvalue weighted by atomic mass is 35.5. The zero-order valence-electron chi connectivity index (χ0n) is 18.7. The maximum Gasteiger partial charge on any atom is 0.312 e. The van der Waals surface area contributed by atoms with Crippen molar-refractivity contribution in [2.24, 2.45) is 5.41 Å². The standard InChI is InChI=1S/C23H24ClF2N5O2S/c1-14-11-23(21(32)33-2,6-9-31(14)13-15-5-7-27-20(24)19(15)26)12-17-16(25)3-4-18(29-17)30-22-28-8-10-34-22/h3-5,7-8,10,14H,6,9,11-13H2,1-2H3,(H,28,29,30). The Bertz CT molecular complexity index is 1170. The molecule has 0 saturated carbocycles. The number of likely N-dealkylation sites (tertiary alicyclic amines) is 1. The van der Waals surface area contributed by atoms with Crippen LogP contribution in [0.1, 0.15) is 31.0 Å². The summed E-state index contributed by atoms with van der Waals surface area (Å²) in [5.41, 5.74) is -0.335. The number of esters is 1. The van der Waals surface area contributed by atoms with E-state index in [1.807, 2.05) is 12.3 Å². The molecule has 3 aromatic rings. The van der Waals surface area contributed by atoms with Crippen LogP contribution in [0.15, 0.2) is 36.0 Å². The molecule has 0 aromatic carbocycles. The van der Waals surface area contributed by atoms with Crippen molar-refractivity contribution in [2.45, 2.75) is 38.8 Å². The van der Waals surface area contributed by atoms with Gasteiger partial charge in [0.2, 0.25) is 0 Å². The number of hydrogen-bond acceptors (Lipinski definition) is 8. The average molecular weight is 508 g/mol. The van der Waals surface area contributed by atoms with E-state index in [0.717, 1.165) is 0 Å². The molecule has 7 nitrogen and oxygen atoms in total. The van der Waals surface area contributed by atoms with Gasteiger partial charge in [0.25, 0.3) is 0 Å². The van der Waals surface area contributed by atoms with E-state index >= 15 is 0 Å². The molecule has 4 heterocycles. The molecule has 2 atom stereocenters. The minimum absolute atomic E-state index is 0.0898. The third kappa shape index (κ3) is 5.18. The Morgan fingerprint density at radius 1 is 1.32 bits per heavy atom. The molecular formula is C23H24ClF2N5O2S. The van der Waals surface area contributed by atoms with Crippen molar-refractivity contribution in [3.63, 3.8) is 0 Å². The number of carbonyl (C=O) groups excluding carboxylic acids is 1. The van der Waals surface area contributed by atoms with Gasteiger partial charge in [-0.2, -0.15) is 0 Å². The number of piperidine rings is 1. The average Bonchev–Trinajstić information content (AvgIpc) is 3.33. The van der Waals surface area contributed by atoms with Crippen molar-refractivity contribution in [3.05, 3.63) is 64.0 Å². The topological polar surface area (TPSA) is 80.2 Å². The van der Waals surface area contributed by atoms with Gasteiger partial charge in [-0.25, -0.2) is 23.7 Å². The zero-order chi connectivity index (χ0) is 24.3. The second-order valence-electron chi connectivity index (χ2n) is 8.38. The zero-order valence-corrected chi connectivity index (χ0v) is 20.3. The Hall–Kier alpha value is -2.69. The molecule has 0 amide bonds. The van der Waals surface area contributed by atoms with Gasteiger partial charge < -0.3 is 10.1 Å². The number of ether oxygens (including phenoxy) is 1. The van der Waals surface area contributed by atoms with Gasteiger partial charge in [-0.1, -0.05) is 11.6 Å². The van der Waals surface area contributed by atoms with E-state index in [2.05, 4.69) is 25.2 Å². The quantitative estimate of drug-likeness (QED) is 0.356. The Morgan fingerprint density at radius 3 is 2.85 bits per heavy atom. The third-order valence-electron chi connectivity index (χ3n) is 6.20. The number of rotatable bonds is 7. The number of anilines is 2. The number of nitrogens with zero attached hydrogens (tertiary/aromatic N) is 4. The van der Waals surface area contributed by atoms with E-state index in [4.69, 9.17) is 16.3 Å². The van der Waals surface area contributed by atoms with Crippen LogP contribution < -0.4 is 5.32 Å². The van der Waals surface area contributed by atoms with Crippen molar-refractivity contribution in [2.75, 3.05) is 19.0 Å². The summed E-state index contributed by atoms with van der Waals surface area (Å²) >= 11 is 7.22. The van der Waals surface area contributed by atoms with Crippen LogP contribution in [0, 0.1) is 17.0 Å². The molecule has 1 fully saturated rings. The molecule has 2 unspecified atom stereocenters. The molecule has 4 rings (SSSR count). The van der Waals surface area contributed by atoms with Gasteiger partial charge in [0, 0.05) is 42.3 Å². The number of halogens is 3. The van der Waals surface area contributed by atoms with Crippen LogP contribution in [0.25, 0.3) is 0 Å². The maximum absolute atomic E-state index is 14.8. The Balaban J connectivity index is 1.54. The van der Waals surface area contributed by atoms with Crippen LogP contribution in [0.2, 0.25) is 5.15 Å². The van der Waals surface area contributed by atoms with E-state index < -0.39 is 23.0 Å². The van der Waals surface area contributed by atoms with Crippen molar-refractivity contribution in [3.8, 4) is 0 Å². The van der Waals surface area contributed by atoms with Gasteiger partial charge in [-0.05, 0) is 44.5 Å². The summed E-state index contributed by atoms with van der Waals surface area (Å²) in [7, 11) is 1.33. The minimum Gasteiger partial charge on any atom is -0.469 e. The Kier molecular flexibility index (Phi) is 7.39. The molecule has 0 bridgehead atoms. The summed E-state index contributed by atoms with van der Waals surface area (Å²) in [6.07, 6.45) is 4.04. The monoisotopic (exact) mass is 507 g/mol. The lowest BCUT2D eigenvalue weighted by molar-refractivity contribution is -0.157. The van der Waals surface area contributed by atoms with Crippen molar-refractivity contribution >= 4 is 39.9 Å². The lowest BCUT2D eigenvalue weighted by Crippen LogP contribution is -2.50. The number of pyridine rings is 2. The second kappa shape index (κ2) is 10.3. The van der Waals surface area contributed by atoms with Crippen LogP contribution in [-0.4, -0.2) is 45.5 Å². The summed E-state index contributed by atoms with van der Waals surface area (Å²) < 4.78 is 34.3. The molecule has 0 aliphatic carbocycles. The highest BCUT2D eigenvalue weighted by Crippen LogP contribution is 2.40. The molecule has 11 heteroatoms. The molecule has 1 N–H and O–H groups in total. The second-order valence-corrected chi connectivity index (χ2v) is 9.64. The van der Waals surface area contributed by atoms with Crippen LogP contribution in [-0.2, 0) is 22.5 Å². The van der Waals surface area contributed by atoms with E-state index in [9.17, 15) is 13.6 Å². The molecule has 1 aliphatic rings. The van der Waals surface area contributed by atoms with Crippen LogP contribution in [0.3, 0.4) is 0 Å². The van der Waals surface area contributed by atoms with Gasteiger partial charge in [-0.3, -0.25) is 9.69 Å². The summed E-state index contributed by atoms with van der Waals surface area (Å²) in [6.45, 7) is 2.78. The smallest absolute Gasteiger partial charge is 0.312 e. The molecule has 0 radical (unpaired) electrons. The van der Waals surface area contributed by atoms with E-state index in [-0.39, 0.29) is 23.3 Å². The van der Waals surface area contributed by atoms with Crippen molar-refractivity contribution in [1.29, 1.82) is 0 Å². The molecule has 0 spiro atoms. The van der Waals surface area contributed by atoms with E-state index in [1.165, 1.54) is 36.8 Å². The maximum atomic E-state index is 14.8. The molecule has 34 heavy (non-hydrogen) atoms. The lowest BCUT2D eigenvalue weighted by atomic mass is 9.72. The molecule has 180 valence electrons. The number of thiazole rings is 1. The van der Waals surface area contributed by atoms with Crippen LogP contribution in [0.4, 0.5) is 19.7 Å². The van der Waals surface area contributed by atoms with Gasteiger partial charge in [-0.15, -0.1) is 11.3 Å². The predicted molar refractivity (Wildman–Crippen MR) is 126 cm³/mol. The summed E-state index contributed by atoms with van der Waals surface area (Å²) in [4.78, 5) is 27.4. The number of nitrogens with one attached hydrogen (secondary N) is 1. The first-order valence-corrected chi connectivity index (χ1v) is 12.0. The number of carbonyl (C=O) groups is 1. The molecule has 1 aliphatic heterocycles. The first-order valence-electron chi connectivity index (χ1n) is 10.7. The third-order valence-corrected chi connectivity index (χ3v) is 7.15. The number of aromatic nitrogens is 3. The Morgan fingerprint density at radius 2 is 2.15 bits per heavy atom. The van der Waals surface area contributed by atoms with Gasteiger partial charge in [0.1, 0.15) is 11.6 Å². The Labute approximate surface area is 205 Å². The highest BCUT2D eigenvalue weighted by molar-refractivity contribution is 7.13. The van der Waals surface area contributed by atoms with Crippen LogP contribution >= 0.6 is 22.9 Å². The van der Waals surface area contributed by atoms with E-state index in [1.54, 1.807) is 12.3 Å². The van der Waals surface area contributed by atoms with Crippen molar-refractivity contribution in [1.82, 2.24) is 19.9 Å². The molecule has 3 aromatic heterocycles.